The molecular formula is C26H28ClN5O3S. The molecule has 188 valence electrons. The zero-order valence-electron chi connectivity index (χ0n) is 20.4. The zero-order valence-corrected chi connectivity index (χ0v) is 22.0. The maximum absolute atomic E-state index is 13.9. The predicted molar refractivity (Wildman–Crippen MR) is 140 cm³/mol. The summed E-state index contributed by atoms with van der Waals surface area (Å²) < 4.78 is 27.7. The van der Waals surface area contributed by atoms with Crippen LogP contribution < -0.4 is 15.5 Å². The third-order valence-corrected chi connectivity index (χ3v) is 8.89. The number of carbonyl (C=O) groups is 1. The highest BCUT2D eigenvalue weighted by atomic mass is 35.5. The van der Waals surface area contributed by atoms with Crippen molar-refractivity contribution in [3.63, 3.8) is 0 Å². The van der Waals surface area contributed by atoms with E-state index in [1.54, 1.807) is 18.2 Å². The molecule has 8 nitrogen and oxygen atoms in total. The number of amides is 1. The SMILES string of the molecule is CC1CN(c2nccc(S(=O)(=O)c3cccc(N4CCc5cc(Cl)ccc54)n3)c2C(N)=O)C(C)(C)C1. The Labute approximate surface area is 216 Å². The number of carbonyl (C=O) groups excluding carboxylic acids is 1. The summed E-state index contributed by atoms with van der Waals surface area (Å²) in [6.45, 7) is 7.52. The van der Waals surface area contributed by atoms with Gasteiger partial charge in [-0.1, -0.05) is 24.6 Å². The van der Waals surface area contributed by atoms with Gasteiger partial charge in [0, 0.05) is 35.5 Å². The molecule has 0 bridgehead atoms. The highest BCUT2D eigenvalue weighted by Gasteiger charge is 2.40. The molecule has 1 aromatic carbocycles. The number of sulfone groups is 1. The first-order valence-corrected chi connectivity index (χ1v) is 13.7. The summed E-state index contributed by atoms with van der Waals surface area (Å²) in [4.78, 5) is 25.3. The Hall–Kier alpha value is -3.17. The minimum atomic E-state index is -4.18. The number of hydrogen-bond acceptors (Lipinski definition) is 7. The number of anilines is 3. The van der Waals surface area contributed by atoms with Gasteiger partial charge in [0.1, 0.15) is 17.2 Å². The van der Waals surface area contributed by atoms with Gasteiger partial charge >= 0.3 is 0 Å². The van der Waals surface area contributed by atoms with Gasteiger partial charge in [0.05, 0.1) is 4.90 Å². The molecule has 4 heterocycles. The highest BCUT2D eigenvalue weighted by Crippen LogP contribution is 2.40. The van der Waals surface area contributed by atoms with Crippen molar-refractivity contribution in [2.75, 3.05) is 22.9 Å². The highest BCUT2D eigenvalue weighted by molar-refractivity contribution is 7.91. The van der Waals surface area contributed by atoms with E-state index >= 15 is 0 Å². The summed E-state index contributed by atoms with van der Waals surface area (Å²) in [6, 6.07) is 11.8. The molecule has 2 aliphatic heterocycles. The molecule has 0 saturated carbocycles. The molecule has 2 aliphatic rings. The lowest BCUT2D eigenvalue weighted by Crippen LogP contribution is -2.40. The first-order valence-electron chi connectivity index (χ1n) is 11.8. The fourth-order valence-electron chi connectivity index (χ4n) is 5.48. The van der Waals surface area contributed by atoms with Crippen molar-refractivity contribution in [3.8, 4) is 0 Å². The van der Waals surface area contributed by atoms with Crippen LogP contribution >= 0.6 is 11.6 Å². The van der Waals surface area contributed by atoms with Gasteiger partial charge < -0.3 is 15.5 Å². The monoisotopic (exact) mass is 525 g/mol. The summed E-state index contributed by atoms with van der Waals surface area (Å²) in [5.41, 5.74) is 7.38. The Bertz CT molecular complexity index is 1470. The smallest absolute Gasteiger partial charge is 0.253 e. The molecule has 1 unspecified atom stereocenters. The average Bonchev–Trinajstić information content (AvgIpc) is 3.36. The summed E-state index contributed by atoms with van der Waals surface area (Å²) in [5.74, 6) is 0.314. The standard InChI is InChI=1S/C26H28ClN5O3S/c1-16-14-26(2,3)32(15-16)25-23(24(28)33)20(9-11-29-25)36(34,35)22-6-4-5-21(30-22)31-12-10-17-13-18(27)7-8-19(17)31/h4-9,11,13,16H,10,12,14-15H2,1-3H3,(H2,28,33). The fourth-order valence-corrected chi connectivity index (χ4v) is 7.07. The van der Waals surface area contributed by atoms with E-state index in [0.29, 0.717) is 35.7 Å². The molecule has 2 aromatic heterocycles. The van der Waals surface area contributed by atoms with E-state index in [1.807, 2.05) is 21.9 Å². The minimum absolute atomic E-state index is 0.104. The number of halogens is 1. The van der Waals surface area contributed by atoms with E-state index in [4.69, 9.17) is 17.3 Å². The molecule has 5 rings (SSSR count). The van der Waals surface area contributed by atoms with Crippen LogP contribution in [0.2, 0.25) is 5.02 Å². The van der Waals surface area contributed by atoms with E-state index in [0.717, 1.165) is 24.1 Å². The molecule has 1 amide bonds. The molecule has 0 spiro atoms. The van der Waals surface area contributed by atoms with Gasteiger partial charge in [-0.2, -0.15) is 0 Å². The van der Waals surface area contributed by atoms with Crippen molar-refractivity contribution >= 4 is 44.7 Å². The molecule has 36 heavy (non-hydrogen) atoms. The molecule has 1 saturated heterocycles. The molecular weight excluding hydrogens is 498 g/mol. The molecule has 1 fully saturated rings. The van der Waals surface area contributed by atoms with Gasteiger partial charge in [-0.3, -0.25) is 4.79 Å². The van der Waals surface area contributed by atoms with Gasteiger partial charge in [0.2, 0.25) is 9.84 Å². The Morgan fingerprint density at radius 1 is 1.19 bits per heavy atom. The van der Waals surface area contributed by atoms with Crippen molar-refractivity contribution in [2.24, 2.45) is 11.7 Å². The predicted octanol–water partition coefficient (Wildman–Crippen LogP) is 4.38. The van der Waals surface area contributed by atoms with Crippen LogP contribution in [0.1, 0.15) is 43.1 Å². The number of fused-ring (bicyclic) bond motifs is 1. The van der Waals surface area contributed by atoms with Crippen LogP contribution in [0, 0.1) is 5.92 Å². The summed E-state index contributed by atoms with van der Waals surface area (Å²) >= 11 is 6.14. The number of aromatic nitrogens is 2. The Kier molecular flexibility index (Phi) is 5.95. The van der Waals surface area contributed by atoms with Crippen LogP contribution in [0.5, 0.6) is 0 Å². The van der Waals surface area contributed by atoms with E-state index in [-0.39, 0.29) is 21.0 Å². The zero-order chi connectivity index (χ0) is 25.8. The second kappa shape index (κ2) is 8.74. The molecule has 0 radical (unpaired) electrons. The number of primary amides is 1. The maximum atomic E-state index is 13.9. The fraction of sp³-hybridized carbons (Fsp3) is 0.346. The minimum Gasteiger partial charge on any atom is -0.365 e. The van der Waals surface area contributed by atoms with Crippen molar-refractivity contribution in [2.45, 2.75) is 49.1 Å². The van der Waals surface area contributed by atoms with Gasteiger partial charge in [0.25, 0.3) is 5.91 Å². The lowest BCUT2D eigenvalue weighted by atomic mass is 9.97. The first kappa shape index (κ1) is 24.5. The van der Waals surface area contributed by atoms with Crippen LogP contribution in [0.15, 0.2) is 58.6 Å². The average molecular weight is 526 g/mol. The second-order valence-corrected chi connectivity index (χ2v) is 12.4. The Balaban J connectivity index is 1.59. The van der Waals surface area contributed by atoms with Gasteiger partial charge in [-0.15, -0.1) is 0 Å². The summed E-state index contributed by atoms with van der Waals surface area (Å²) in [7, 11) is -4.18. The van der Waals surface area contributed by atoms with Crippen molar-refractivity contribution in [3.05, 3.63) is 64.8 Å². The van der Waals surface area contributed by atoms with Crippen LogP contribution in [0.4, 0.5) is 17.3 Å². The van der Waals surface area contributed by atoms with Gasteiger partial charge in [0.15, 0.2) is 5.03 Å². The second-order valence-electron chi connectivity index (χ2n) is 10.1. The van der Waals surface area contributed by atoms with E-state index in [9.17, 15) is 13.2 Å². The van der Waals surface area contributed by atoms with Crippen LogP contribution in [0.25, 0.3) is 0 Å². The summed E-state index contributed by atoms with van der Waals surface area (Å²) in [6.07, 6.45) is 3.08. The van der Waals surface area contributed by atoms with E-state index in [2.05, 4.69) is 30.7 Å². The van der Waals surface area contributed by atoms with E-state index < -0.39 is 15.7 Å². The number of pyridine rings is 2. The Morgan fingerprint density at radius 2 is 1.97 bits per heavy atom. The van der Waals surface area contributed by atoms with Gasteiger partial charge in [-0.05, 0) is 74.6 Å². The number of hydrogen-bond donors (Lipinski definition) is 1. The number of rotatable bonds is 5. The van der Waals surface area contributed by atoms with Crippen LogP contribution in [-0.4, -0.2) is 42.9 Å². The van der Waals surface area contributed by atoms with Crippen molar-refractivity contribution in [1.82, 2.24) is 9.97 Å². The third kappa shape index (κ3) is 4.10. The molecule has 2 N–H and O–H groups in total. The lowest BCUT2D eigenvalue weighted by Gasteiger charge is -2.33. The molecule has 10 heteroatoms. The van der Waals surface area contributed by atoms with Crippen LogP contribution in [-0.2, 0) is 16.3 Å². The topological polar surface area (TPSA) is 109 Å². The lowest BCUT2D eigenvalue weighted by molar-refractivity contribution is 0.0997. The third-order valence-electron chi connectivity index (χ3n) is 6.96. The maximum Gasteiger partial charge on any atom is 0.253 e. The number of nitrogens with zero attached hydrogens (tertiary/aromatic N) is 4. The van der Waals surface area contributed by atoms with Crippen molar-refractivity contribution < 1.29 is 13.2 Å². The van der Waals surface area contributed by atoms with Crippen molar-refractivity contribution in [1.29, 1.82) is 0 Å². The number of benzene rings is 1. The van der Waals surface area contributed by atoms with Gasteiger partial charge in [-0.25, -0.2) is 18.4 Å². The van der Waals surface area contributed by atoms with Crippen LogP contribution in [0.3, 0.4) is 0 Å². The molecule has 0 aliphatic carbocycles. The molecule has 3 aromatic rings. The summed E-state index contributed by atoms with van der Waals surface area (Å²) in [5, 5.41) is 0.499. The largest absolute Gasteiger partial charge is 0.365 e. The normalized spacial score (nSPS) is 18.9. The first-order chi connectivity index (χ1) is 17.0. The van der Waals surface area contributed by atoms with E-state index in [1.165, 1.54) is 18.3 Å². The quantitative estimate of drug-likeness (QED) is 0.526. The number of nitrogens with two attached hydrogens (primary N) is 1. The Morgan fingerprint density at radius 3 is 2.67 bits per heavy atom. The molecule has 1 atom stereocenters.